The van der Waals surface area contributed by atoms with Crippen molar-refractivity contribution in [3.8, 4) is 11.5 Å². The number of unbranched alkanes of at least 4 members (excludes halogenated alkanes) is 11. The van der Waals surface area contributed by atoms with E-state index in [0.29, 0.717) is 42.4 Å². The minimum Gasteiger partial charge on any atom is -0.493 e. The molecule has 5 rings (SSSR count). The van der Waals surface area contributed by atoms with Crippen LogP contribution in [0.25, 0.3) is 0 Å². The highest BCUT2D eigenvalue weighted by atomic mass is 16.6. The Morgan fingerprint density at radius 3 is 2.27 bits per heavy atom. The summed E-state index contributed by atoms with van der Waals surface area (Å²) in [6.45, 7) is 7.32. The van der Waals surface area contributed by atoms with Gasteiger partial charge in [0.05, 0.1) is 18.1 Å². The van der Waals surface area contributed by atoms with Gasteiger partial charge in [-0.25, -0.2) is 9.59 Å². The number of allylic oxidation sites excluding steroid dienone is 2. The van der Waals surface area contributed by atoms with Gasteiger partial charge in [-0.15, -0.1) is 0 Å². The summed E-state index contributed by atoms with van der Waals surface area (Å²) >= 11 is 0. The van der Waals surface area contributed by atoms with E-state index in [4.69, 9.17) is 23.7 Å². The van der Waals surface area contributed by atoms with Crippen LogP contribution in [0, 0.1) is 11.8 Å². The summed E-state index contributed by atoms with van der Waals surface area (Å²) in [5.41, 5.74) is 0.256. The van der Waals surface area contributed by atoms with E-state index in [9.17, 15) is 19.5 Å². The monoisotopic (exact) mass is 722 g/mol. The number of rotatable bonds is 21. The molecule has 0 amide bonds. The van der Waals surface area contributed by atoms with E-state index >= 15 is 0 Å². The van der Waals surface area contributed by atoms with E-state index in [2.05, 4.69) is 32.1 Å². The van der Waals surface area contributed by atoms with Crippen molar-refractivity contribution < 1.29 is 43.2 Å². The molecule has 1 spiro atoms. The fraction of sp³-hybridized carbons (Fsp3) is 0.698. The average Bonchev–Trinajstić information content (AvgIpc) is 3.48. The van der Waals surface area contributed by atoms with E-state index in [0.717, 1.165) is 56.1 Å². The van der Waals surface area contributed by atoms with Crippen LogP contribution in [0.15, 0.2) is 36.1 Å². The second kappa shape index (κ2) is 18.1. The number of ether oxygens (including phenoxy) is 5. The molecule has 52 heavy (non-hydrogen) atoms. The van der Waals surface area contributed by atoms with Crippen LogP contribution in [0.1, 0.15) is 148 Å². The Bertz CT molecular complexity index is 1460. The molecule has 288 valence electrons. The van der Waals surface area contributed by atoms with Crippen LogP contribution in [-0.2, 0) is 40.4 Å². The van der Waals surface area contributed by atoms with Crippen LogP contribution < -0.4 is 9.47 Å². The molecular formula is C43H62O9. The second-order valence-electron chi connectivity index (χ2n) is 15.6. The van der Waals surface area contributed by atoms with Gasteiger partial charge in [0.15, 0.2) is 29.8 Å². The van der Waals surface area contributed by atoms with E-state index < -0.39 is 47.2 Å². The highest BCUT2D eigenvalue weighted by Crippen LogP contribution is 2.68. The maximum Gasteiger partial charge on any atom is 0.352 e. The standard InChI is InChI=1S/C43H62O9/c1-6-7-8-9-10-11-12-13-14-15-16-17-18-19-20-21-36(44)49-30(3)40(45)50-31(4)41(46)51-35-25-27-43(47)33-28-32-22-23-34(48-5)38-37(32)42(43,39(35)52-38)26-24-29(33)2/h13-14,22-23,25,29-31,33,39,47H,6-12,15-21,24,26-28H2,1-5H3/b14-13-/t29?,30-,31-,33-,39-,42-,43+/m0/s1. The van der Waals surface area contributed by atoms with Crippen molar-refractivity contribution in [2.24, 2.45) is 11.8 Å². The predicted octanol–water partition coefficient (Wildman–Crippen LogP) is 8.76. The Morgan fingerprint density at radius 2 is 1.58 bits per heavy atom. The molecule has 0 aromatic heterocycles. The number of benzene rings is 1. The van der Waals surface area contributed by atoms with Crippen LogP contribution >= 0.6 is 0 Å². The molecule has 1 fully saturated rings. The Labute approximate surface area is 310 Å². The predicted molar refractivity (Wildman–Crippen MR) is 199 cm³/mol. The van der Waals surface area contributed by atoms with Gasteiger partial charge in [-0.05, 0) is 101 Å². The molecule has 1 heterocycles. The zero-order chi connectivity index (χ0) is 37.3. The summed E-state index contributed by atoms with van der Waals surface area (Å²) in [7, 11) is 1.59. The largest absolute Gasteiger partial charge is 0.493 e. The van der Waals surface area contributed by atoms with Crippen LogP contribution in [0.4, 0.5) is 0 Å². The number of esters is 3. The van der Waals surface area contributed by atoms with Crippen molar-refractivity contribution in [3.05, 3.63) is 47.2 Å². The van der Waals surface area contributed by atoms with Crippen molar-refractivity contribution in [1.82, 2.24) is 0 Å². The minimum atomic E-state index is -1.25. The highest BCUT2D eigenvalue weighted by molar-refractivity contribution is 5.83. The maximum absolute atomic E-state index is 13.3. The molecule has 1 aliphatic heterocycles. The first kappa shape index (κ1) is 39.9. The molecule has 3 aliphatic carbocycles. The summed E-state index contributed by atoms with van der Waals surface area (Å²) in [5.74, 6) is -0.208. The zero-order valence-corrected chi connectivity index (χ0v) is 32.2. The molecule has 7 atom stereocenters. The molecule has 1 saturated carbocycles. The summed E-state index contributed by atoms with van der Waals surface area (Å²) in [5, 5.41) is 12.4. The van der Waals surface area contributed by atoms with Crippen molar-refractivity contribution in [3.63, 3.8) is 0 Å². The first-order valence-electron chi connectivity index (χ1n) is 20.1. The van der Waals surface area contributed by atoms with Gasteiger partial charge < -0.3 is 28.8 Å². The van der Waals surface area contributed by atoms with Gasteiger partial charge in [-0.2, -0.15) is 0 Å². The van der Waals surface area contributed by atoms with Crippen molar-refractivity contribution in [2.45, 2.75) is 173 Å². The Morgan fingerprint density at radius 1 is 0.923 bits per heavy atom. The number of hydrogen-bond acceptors (Lipinski definition) is 9. The molecule has 1 aromatic rings. The third-order valence-electron chi connectivity index (χ3n) is 12.1. The topological polar surface area (TPSA) is 118 Å². The Balaban J connectivity index is 1.03. The van der Waals surface area contributed by atoms with Crippen molar-refractivity contribution in [2.75, 3.05) is 7.11 Å². The number of methoxy groups -OCH3 is 1. The lowest BCUT2D eigenvalue weighted by Crippen LogP contribution is -2.69. The Hall–Kier alpha value is -3.33. The molecule has 1 aromatic carbocycles. The lowest BCUT2D eigenvalue weighted by Gasteiger charge is -2.61. The summed E-state index contributed by atoms with van der Waals surface area (Å²) in [6.07, 6.45) is 21.3. The van der Waals surface area contributed by atoms with Crippen molar-refractivity contribution in [1.29, 1.82) is 0 Å². The van der Waals surface area contributed by atoms with Crippen LogP contribution in [0.3, 0.4) is 0 Å². The van der Waals surface area contributed by atoms with Gasteiger partial charge in [0, 0.05) is 12.0 Å². The first-order chi connectivity index (χ1) is 25.1. The van der Waals surface area contributed by atoms with E-state index in [1.165, 1.54) is 58.8 Å². The third kappa shape index (κ3) is 8.40. The third-order valence-corrected chi connectivity index (χ3v) is 12.1. The van der Waals surface area contributed by atoms with Gasteiger partial charge in [0.2, 0.25) is 0 Å². The smallest absolute Gasteiger partial charge is 0.352 e. The summed E-state index contributed by atoms with van der Waals surface area (Å²) in [6, 6.07) is 3.96. The summed E-state index contributed by atoms with van der Waals surface area (Å²) in [4.78, 5) is 38.5. The quantitative estimate of drug-likeness (QED) is 0.0575. The molecule has 2 bridgehead atoms. The Kier molecular flexibility index (Phi) is 13.9. The second-order valence-corrected chi connectivity index (χ2v) is 15.6. The molecule has 9 heteroatoms. The van der Waals surface area contributed by atoms with E-state index in [1.54, 1.807) is 13.2 Å². The van der Waals surface area contributed by atoms with Crippen molar-refractivity contribution >= 4 is 17.9 Å². The van der Waals surface area contributed by atoms with Gasteiger partial charge in [0.1, 0.15) is 5.76 Å². The lowest BCUT2D eigenvalue weighted by atomic mass is 9.45. The minimum absolute atomic E-state index is 0.0358. The van der Waals surface area contributed by atoms with Crippen LogP contribution in [0.5, 0.6) is 11.5 Å². The fourth-order valence-electron chi connectivity index (χ4n) is 9.13. The number of aliphatic hydroxyl groups is 1. The maximum atomic E-state index is 13.3. The van der Waals surface area contributed by atoms with Gasteiger partial charge in [-0.3, -0.25) is 4.79 Å². The first-order valence-corrected chi connectivity index (χ1v) is 20.1. The average molecular weight is 723 g/mol. The normalized spacial score (nSPS) is 26.5. The molecule has 9 nitrogen and oxygen atoms in total. The number of carbonyl (C=O) groups is 3. The fourth-order valence-corrected chi connectivity index (χ4v) is 9.13. The molecule has 4 aliphatic rings. The molecular weight excluding hydrogens is 660 g/mol. The van der Waals surface area contributed by atoms with E-state index in [-0.39, 0.29) is 12.3 Å². The zero-order valence-electron chi connectivity index (χ0n) is 32.2. The summed E-state index contributed by atoms with van der Waals surface area (Å²) < 4.78 is 28.8. The lowest BCUT2D eigenvalue weighted by molar-refractivity contribution is -0.180. The SMILES string of the molecule is CCCCCCCC/C=C\CCCCCCCC(=O)O[C@@H](C)C(=O)O[C@@H](C)C(=O)OC1=CC[C@@]2(O)[C@H]3Cc4ccc(OC)c5c4[C@@]2(CCC3C)[C@H]1O5. The van der Waals surface area contributed by atoms with Crippen LogP contribution in [0.2, 0.25) is 0 Å². The molecule has 1 unspecified atom stereocenters. The molecule has 0 radical (unpaired) electrons. The number of hydrogen-bond donors (Lipinski definition) is 1. The molecule has 1 N–H and O–H groups in total. The van der Waals surface area contributed by atoms with Gasteiger partial charge >= 0.3 is 17.9 Å². The van der Waals surface area contributed by atoms with E-state index in [1.807, 2.05) is 6.07 Å². The highest BCUT2D eigenvalue weighted by Gasteiger charge is 2.72. The number of carbonyl (C=O) groups excluding carboxylic acids is 3. The van der Waals surface area contributed by atoms with Gasteiger partial charge in [-0.1, -0.05) is 83.4 Å². The van der Waals surface area contributed by atoms with Crippen LogP contribution in [-0.4, -0.2) is 54.0 Å². The molecule has 0 saturated heterocycles. The van der Waals surface area contributed by atoms with Gasteiger partial charge in [0.25, 0.3) is 0 Å².